The Bertz CT molecular complexity index is 266. The highest BCUT2D eigenvalue weighted by Gasteiger charge is 2.29. The molecule has 100 valence electrons. The number of carbonyl (C=O) groups is 2. The summed E-state index contributed by atoms with van der Waals surface area (Å²) in [6.45, 7) is 6.63. The Kier molecular flexibility index (Phi) is 6.75. The maximum absolute atomic E-state index is 11.7. The van der Waals surface area contributed by atoms with Gasteiger partial charge in [-0.05, 0) is 12.5 Å². The number of hydrazine groups is 1. The molecule has 6 heteroatoms. The van der Waals surface area contributed by atoms with Gasteiger partial charge in [0.15, 0.2) is 0 Å². The van der Waals surface area contributed by atoms with Crippen LogP contribution in [0.25, 0.3) is 0 Å². The summed E-state index contributed by atoms with van der Waals surface area (Å²) in [5.74, 6) is 4.98. The second-order valence-electron chi connectivity index (χ2n) is 4.55. The highest BCUT2D eigenvalue weighted by atomic mass is 16.2. The van der Waals surface area contributed by atoms with Crippen LogP contribution >= 0.6 is 0 Å². The van der Waals surface area contributed by atoms with Crippen LogP contribution in [0, 0.1) is 5.92 Å². The molecule has 17 heavy (non-hydrogen) atoms. The molecule has 0 heterocycles. The van der Waals surface area contributed by atoms with Crippen LogP contribution in [-0.4, -0.2) is 54.8 Å². The maximum atomic E-state index is 11.7. The van der Waals surface area contributed by atoms with E-state index >= 15 is 0 Å². The van der Waals surface area contributed by atoms with Gasteiger partial charge in [0, 0.05) is 14.1 Å². The van der Waals surface area contributed by atoms with Crippen molar-refractivity contribution in [3.05, 3.63) is 0 Å². The standard InChI is InChI=1S/C11H24N4O2/c1-6-15(7-9(16)14(4)5)10(8(2)3)11(17)13-12/h8,10H,6-7,12H2,1-5H3,(H,13,17). The van der Waals surface area contributed by atoms with E-state index in [1.54, 1.807) is 14.1 Å². The number of nitrogens with two attached hydrogens (primary N) is 1. The molecule has 0 rings (SSSR count). The van der Waals surface area contributed by atoms with Crippen LogP contribution in [0.15, 0.2) is 0 Å². The van der Waals surface area contributed by atoms with Gasteiger partial charge in [-0.2, -0.15) is 0 Å². The van der Waals surface area contributed by atoms with Crippen molar-refractivity contribution >= 4 is 11.8 Å². The first kappa shape index (κ1) is 15.9. The Balaban J connectivity index is 4.79. The molecule has 0 aromatic rings. The lowest BCUT2D eigenvalue weighted by Crippen LogP contribution is -2.54. The van der Waals surface area contributed by atoms with E-state index in [4.69, 9.17) is 5.84 Å². The van der Waals surface area contributed by atoms with Crippen LogP contribution in [0.2, 0.25) is 0 Å². The molecular weight excluding hydrogens is 220 g/mol. The Hall–Kier alpha value is -1.14. The summed E-state index contributed by atoms with van der Waals surface area (Å²) < 4.78 is 0. The minimum atomic E-state index is -0.381. The maximum Gasteiger partial charge on any atom is 0.251 e. The fraction of sp³-hybridized carbons (Fsp3) is 0.818. The Morgan fingerprint density at radius 3 is 2.12 bits per heavy atom. The van der Waals surface area contributed by atoms with Gasteiger partial charge in [0.05, 0.1) is 12.6 Å². The predicted molar refractivity (Wildman–Crippen MR) is 66.9 cm³/mol. The molecule has 0 spiro atoms. The summed E-state index contributed by atoms with van der Waals surface area (Å²) >= 11 is 0. The number of hydrogen-bond donors (Lipinski definition) is 2. The Morgan fingerprint density at radius 2 is 1.82 bits per heavy atom. The average molecular weight is 244 g/mol. The van der Waals surface area contributed by atoms with Crippen LogP contribution in [0.1, 0.15) is 20.8 Å². The largest absolute Gasteiger partial charge is 0.348 e. The highest BCUT2D eigenvalue weighted by molar-refractivity contribution is 5.83. The van der Waals surface area contributed by atoms with E-state index in [1.165, 1.54) is 4.90 Å². The van der Waals surface area contributed by atoms with E-state index in [-0.39, 0.29) is 30.3 Å². The van der Waals surface area contributed by atoms with E-state index in [0.29, 0.717) is 6.54 Å². The fourth-order valence-corrected chi connectivity index (χ4v) is 1.70. The van der Waals surface area contributed by atoms with Gasteiger partial charge in [-0.3, -0.25) is 19.9 Å². The van der Waals surface area contributed by atoms with Crippen molar-refractivity contribution in [1.29, 1.82) is 0 Å². The van der Waals surface area contributed by atoms with Crippen molar-refractivity contribution in [3.63, 3.8) is 0 Å². The van der Waals surface area contributed by atoms with Gasteiger partial charge >= 0.3 is 0 Å². The van der Waals surface area contributed by atoms with Gasteiger partial charge in [0.2, 0.25) is 5.91 Å². The third-order valence-electron chi connectivity index (χ3n) is 2.68. The van der Waals surface area contributed by atoms with Crippen LogP contribution < -0.4 is 11.3 Å². The fourth-order valence-electron chi connectivity index (χ4n) is 1.70. The number of rotatable bonds is 6. The zero-order chi connectivity index (χ0) is 13.6. The molecule has 0 saturated heterocycles. The molecule has 3 N–H and O–H groups in total. The van der Waals surface area contributed by atoms with Gasteiger partial charge in [-0.15, -0.1) is 0 Å². The lowest BCUT2D eigenvalue weighted by Gasteiger charge is -2.32. The number of carbonyl (C=O) groups excluding carboxylic acids is 2. The first-order chi connectivity index (χ1) is 7.84. The van der Waals surface area contributed by atoms with Crippen molar-refractivity contribution in [2.75, 3.05) is 27.2 Å². The summed E-state index contributed by atoms with van der Waals surface area (Å²) in [4.78, 5) is 26.7. The Morgan fingerprint density at radius 1 is 1.29 bits per heavy atom. The summed E-state index contributed by atoms with van der Waals surface area (Å²) in [5.41, 5.74) is 2.16. The van der Waals surface area contributed by atoms with E-state index in [1.807, 2.05) is 25.7 Å². The molecule has 1 atom stereocenters. The number of likely N-dealkylation sites (N-methyl/N-ethyl adjacent to an activating group) is 2. The number of amides is 2. The summed E-state index contributed by atoms with van der Waals surface area (Å²) in [6, 6.07) is -0.381. The molecule has 0 saturated carbocycles. The second kappa shape index (κ2) is 7.24. The normalized spacial score (nSPS) is 12.7. The van der Waals surface area contributed by atoms with E-state index in [0.717, 1.165) is 0 Å². The molecule has 6 nitrogen and oxygen atoms in total. The van der Waals surface area contributed by atoms with Crippen LogP contribution in [0.5, 0.6) is 0 Å². The highest BCUT2D eigenvalue weighted by Crippen LogP contribution is 2.11. The third-order valence-corrected chi connectivity index (χ3v) is 2.68. The zero-order valence-electron chi connectivity index (χ0n) is 11.4. The van der Waals surface area contributed by atoms with Crippen molar-refractivity contribution < 1.29 is 9.59 Å². The minimum absolute atomic E-state index is 0.0256. The van der Waals surface area contributed by atoms with Crippen LogP contribution in [0.4, 0.5) is 0 Å². The van der Waals surface area contributed by atoms with E-state index in [2.05, 4.69) is 5.43 Å². The molecule has 0 aliphatic carbocycles. The first-order valence-corrected chi connectivity index (χ1v) is 5.79. The molecule has 1 unspecified atom stereocenters. The minimum Gasteiger partial charge on any atom is -0.348 e. The van der Waals surface area contributed by atoms with Gasteiger partial charge in [-0.1, -0.05) is 20.8 Å². The number of hydrogen-bond acceptors (Lipinski definition) is 4. The quantitative estimate of drug-likeness (QED) is 0.372. The summed E-state index contributed by atoms with van der Waals surface area (Å²) in [6.07, 6.45) is 0. The lowest BCUT2D eigenvalue weighted by atomic mass is 10.0. The van der Waals surface area contributed by atoms with Crippen molar-refractivity contribution in [2.24, 2.45) is 11.8 Å². The predicted octanol–water partition coefficient (Wildman–Crippen LogP) is -0.589. The van der Waals surface area contributed by atoms with Crippen LogP contribution in [0.3, 0.4) is 0 Å². The van der Waals surface area contributed by atoms with Crippen molar-refractivity contribution in [2.45, 2.75) is 26.8 Å². The molecule has 0 aromatic carbocycles. The van der Waals surface area contributed by atoms with Crippen LogP contribution in [-0.2, 0) is 9.59 Å². The van der Waals surface area contributed by atoms with E-state index < -0.39 is 0 Å². The SMILES string of the molecule is CCN(CC(=O)N(C)C)C(C(=O)NN)C(C)C. The number of nitrogens with one attached hydrogen (secondary N) is 1. The molecule has 0 aliphatic heterocycles. The first-order valence-electron chi connectivity index (χ1n) is 5.79. The number of nitrogens with zero attached hydrogens (tertiary/aromatic N) is 2. The molecule has 0 bridgehead atoms. The monoisotopic (exact) mass is 244 g/mol. The lowest BCUT2D eigenvalue weighted by molar-refractivity contribution is -0.134. The Labute approximate surface area is 103 Å². The third kappa shape index (κ3) is 4.70. The van der Waals surface area contributed by atoms with Gasteiger partial charge in [0.1, 0.15) is 0 Å². The molecule has 0 fully saturated rings. The van der Waals surface area contributed by atoms with Gasteiger partial charge < -0.3 is 4.90 Å². The average Bonchev–Trinajstić information content (AvgIpc) is 2.26. The smallest absolute Gasteiger partial charge is 0.251 e. The molecular formula is C11H24N4O2. The van der Waals surface area contributed by atoms with Crippen molar-refractivity contribution in [1.82, 2.24) is 15.2 Å². The zero-order valence-corrected chi connectivity index (χ0v) is 11.4. The molecule has 0 aliphatic rings. The molecule has 0 radical (unpaired) electrons. The summed E-state index contributed by atoms with van der Waals surface area (Å²) in [5, 5.41) is 0. The van der Waals surface area contributed by atoms with E-state index in [9.17, 15) is 9.59 Å². The topological polar surface area (TPSA) is 78.7 Å². The summed E-state index contributed by atoms with van der Waals surface area (Å²) in [7, 11) is 3.40. The second-order valence-corrected chi connectivity index (χ2v) is 4.55. The van der Waals surface area contributed by atoms with Crippen molar-refractivity contribution in [3.8, 4) is 0 Å². The van der Waals surface area contributed by atoms with Gasteiger partial charge in [0.25, 0.3) is 5.91 Å². The molecule has 0 aromatic heterocycles. The molecule has 2 amide bonds. The van der Waals surface area contributed by atoms with Gasteiger partial charge in [-0.25, -0.2) is 5.84 Å².